The monoisotopic (exact) mass is 359 g/mol. The Balaban J connectivity index is 1.94. The van der Waals surface area contributed by atoms with Gasteiger partial charge in [0.15, 0.2) is 5.96 Å². The van der Waals surface area contributed by atoms with Gasteiger partial charge in [-0.1, -0.05) is 30.3 Å². The molecule has 0 amide bonds. The van der Waals surface area contributed by atoms with Crippen molar-refractivity contribution in [3.8, 4) is 0 Å². The van der Waals surface area contributed by atoms with E-state index in [9.17, 15) is 0 Å². The number of nitrogens with one attached hydrogen (secondary N) is 2. The van der Waals surface area contributed by atoms with Gasteiger partial charge in [0.05, 0.1) is 6.54 Å². The molecule has 0 radical (unpaired) electrons. The number of hydrogen-bond acceptors (Lipinski definition) is 4. The number of guanidine groups is 1. The summed E-state index contributed by atoms with van der Waals surface area (Å²) in [5, 5.41) is 7.83. The quantitative estimate of drug-likeness (QED) is 0.562. The highest BCUT2D eigenvalue weighted by atomic mass is 32.1. The number of rotatable bonds is 8. The van der Waals surface area contributed by atoms with Gasteiger partial charge in [-0.05, 0) is 39.9 Å². The van der Waals surface area contributed by atoms with E-state index in [4.69, 9.17) is 0 Å². The minimum Gasteiger partial charge on any atom is -0.357 e. The van der Waals surface area contributed by atoms with Crippen LogP contribution in [0.4, 0.5) is 0 Å². The van der Waals surface area contributed by atoms with Crippen LogP contribution in [-0.4, -0.2) is 49.1 Å². The van der Waals surface area contributed by atoms with E-state index in [0.717, 1.165) is 30.5 Å². The van der Waals surface area contributed by atoms with E-state index in [2.05, 4.69) is 83.8 Å². The number of aliphatic imine (C=N–C) groups is 1. The summed E-state index contributed by atoms with van der Waals surface area (Å²) in [6.07, 6.45) is 2.91. The van der Waals surface area contributed by atoms with Gasteiger partial charge < -0.3 is 15.5 Å². The number of nitrogens with zero attached hydrogens (tertiary/aromatic N) is 3. The van der Waals surface area contributed by atoms with Crippen LogP contribution in [0.1, 0.15) is 22.4 Å². The van der Waals surface area contributed by atoms with E-state index >= 15 is 0 Å². The molecule has 0 bridgehead atoms. The van der Waals surface area contributed by atoms with E-state index in [1.807, 2.05) is 6.20 Å². The molecule has 1 heterocycles. The van der Waals surface area contributed by atoms with Gasteiger partial charge in [0, 0.05) is 30.2 Å². The lowest BCUT2D eigenvalue weighted by Gasteiger charge is -2.25. The molecular formula is C19H29N5S. The first-order chi connectivity index (χ1) is 12.1. The minimum absolute atomic E-state index is 0.397. The number of aryl methyl sites for hydroxylation is 1. The number of hydrogen-bond donors (Lipinski definition) is 2. The van der Waals surface area contributed by atoms with Crippen LogP contribution in [0, 0.1) is 6.92 Å². The molecule has 1 unspecified atom stereocenters. The lowest BCUT2D eigenvalue weighted by molar-refractivity contribution is 0.290. The van der Waals surface area contributed by atoms with Crippen molar-refractivity contribution in [3.05, 3.63) is 52.0 Å². The molecule has 1 aromatic heterocycles. The van der Waals surface area contributed by atoms with E-state index in [-0.39, 0.29) is 0 Å². The number of thiazole rings is 1. The minimum atomic E-state index is 0.397. The second-order valence-corrected chi connectivity index (χ2v) is 7.57. The molecule has 25 heavy (non-hydrogen) atoms. The fourth-order valence-electron chi connectivity index (χ4n) is 2.50. The normalized spacial score (nSPS) is 13.1. The van der Waals surface area contributed by atoms with Crippen molar-refractivity contribution >= 4 is 17.3 Å². The number of likely N-dealkylation sites (N-methyl/N-ethyl adjacent to an activating group) is 1. The van der Waals surface area contributed by atoms with E-state index in [1.54, 1.807) is 11.3 Å². The fourth-order valence-corrected chi connectivity index (χ4v) is 3.21. The van der Waals surface area contributed by atoms with Gasteiger partial charge in [-0.3, -0.25) is 0 Å². The van der Waals surface area contributed by atoms with Crippen LogP contribution in [0.5, 0.6) is 0 Å². The molecule has 2 rings (SSSR count). The Morgan fingerprint density at radius 1 is 1.24 bits per heavy atom. The van der Waals surface area contributed by atoms with E-state index < -0.39 is 0 Å². The first kappa shape index (κ1) is 19.4. The predicted molar refractivity (Wildman–Crippen MR) is 107 cm³/mol. The number of aromatic nitrogens is 1. The highest BCUT2D eigenvalue weighted by molar-refractivity contribution is 7.11. The summed E-state index contributed by atoms with van der Waals surface area (Å²) in [4.78, 5) is 12.5. The molecule has 2 N–H and O–H groups in total. The van der Waals surface area contributed by atoms with Crippen LogP contribution in [0.2, 0.25) is 0 Å². The van der Waals surface area contributed by atoms with Crippen molar-refractivity contribution in [3.63, 3.8) is 0 Å². The van der Waals surface area contributed by atoms with Crippen LogP contribution < -0.4 is 10.6 Å². The van der Waals surface area contributed by atoms with Gasteiger partial charge in [-0.2, -0.15) is 0 Å². The van der Waals surface area contributed by atoms with Gasteiger partial charge in [-0.25, -0.2) is 9.98 Å². The summed E-state index contributed by atoms with van der Waals surface area (Å²) >= 11 is 1.70. The predicted octanol–water partition coefficient (Wildman–Crippen LogP) is 2.68. The summed E-state index contributed by atoms with van der Waals surface area (Å²) in [6.45, 7) is 6.44. The highest BCUT2D eigenvalue weighted by Gasteiger charge is 2.13. The molecule has 0 aliphatic rings. The Labute approximate surface area is 155 Å². The molecule has 0 aliphatic heterocycles. The molecule has 0 fully saturated rings. The summed E-state index contributed by atoms with van der Waals surface area (Å²) in [5.74, 6) is 0.843. The summed E-state index contributed by atoms with van der Waals surface area (Å²) < 4.78 is 0. The third-order valence-corrected chi connectivity index (χ3v) is 4.83. The molecule has 2 aromatic rings. The molecule has 1 aromatic carbocycles. The van der Waals surface area contributed by atoms with Crippen molar-refractivity contribution in [2.24, 2.45) is 4.99 Å². The van der Waals surface area contributed by atoms with Crippen molar-refractivity contribution in [1.29, 1.82) is 0 Å². The van der Waals surface area contributed by atoms with Crippen molar-refractivity contribution in [2.75, 3.05) is 27.2 Å². The second kappa shape index (κ2) is 10.2. The van der Waals surface area contributed by atoms with E-state index in [0.29, 0.717) is 12.6 Å². The average Bonchev–Trinajstić information content (AvgIpc) is 3.02. The lowest BCUT2D eigenvalue weighted by Crippen LogP contribution is -2.46. The zero-order chi connectivity index (χ0) is 18.1. The lowest BCUT2D eigenvalue weighted by atomic mass is 10.1. The topological polar surface area (TPSA) is 52.6 Å². The zero-order valence-corrected chi connectivity index (χ0v) is 16.4. The molecular weight excluding hydrogens is 330 g/mol. The first-order valence-electron chi connectivity index (χ1n) is 8.72. The largest absolute Gasteiger partial charge is 0.357 e. The fraction of sp³-hybridized carbons (Fsp3) is 0.474. The van der Waals surface area contributed by atoms with Gasteiger partial charge >= 0.3 is 0 Å². The Hall–Kier alpha value is -1.92. The van der Waals surface area contributed by atoms with Gasteiger partial charge in [0.2, 0.25) is 0 Å². The maximum Gasteiger partial charge on any atom is 0.191 e. The summed E-state index contributed by atoms with van der Waals surface area (Å²) in [6, 6.07) is 11.0. The second-order valence-electron chi connectivity index (χ2n) is 6.25. The SMILES string of the molecule is CCNC(=NCc1ncc(C)s1)NCC(Cc1ccccc1)N(C)C. The van der Waals surface area contributed by atoms with Crippen LogP contribution in [0.25, 0.3) is 0 Å². The Bertz CT molecular complexity index is 651. The Kier molecular flexibility index (Phi) is 7.88. The van der Waals surface area contributed by atoms with Crippen LogP contribution in [-0.2, 0) is 13.0 Å². The molecule has 1 atom stereocenters. The average molecular weight is 360 g/mol. The summed E-state index contributed by atoms with van der Waals surface area (Å²) in [5.41, 5.74) is 1.35. The summed E-state index contributed by atoms with van der Waals surface area (Å²) in [7, 11) is 4.25. The van der Waals surface area contributed by atoms with Gasteiger partial charge in [0.1, 0.15) is 5.01 Å². The number of benzene rings is 1. The van der Waals surface area contributed by atoms with Crippen LogP contribution in [0.15, 0.2) is 41.5 Å². The zero-order valence-electron chi connectivity index (χ0n) is 15.6. The Morgan fingerprint density at radius 3 is 2.60 bits per heavy atom. The van der Waals surface area contributed by atoms with Crippen molar-refractivity contribution < 1.29 is 0 Å². The Morgan fingerprint density at radius 2 is 2.00 bits per heavy atom. The molecule has 6 heteroatoms. The molecule has 0 saturated carbocycles. The highest BCUT2D eigenvalue weighted by Crippen LogP contribution is 2.11. The maximum atomic E-state index is 4.66. The smallest absolute Gasteiger partial charge is 0.191 e. The third kappa shape index (κ3) is 6.84. The van der Waals surface area contributed by atoms with Crippen molar-refractivity contribution in [2.45, 2.75) is 32.9 Å². The van der Waals surface area contributed by atoms with Gasteiger partial charge in [-0.15, -0.1) is 11.3 Å². The standard InChI is InChI=1S/C19H29N5S/c1-5-20-19(23-14-18-21-12-15(2)25-18)22-13-17(24(3)4)11-16-9-7-6-8-10-16/h6-10,12,17H,5,11,13-14H2,1-4H3,(H2,20,22,23). The molecule has 0 aliphatic carbocycles. The molecule has 0 saturated heterocycles. The van der Waals surface area contributed by atoms with E-state index in [1.165, 1.54) is 10.4 Å². The van der Waals surface area contributed by atoms with Crippen LogP contribution >= 0.6 is 11.3 Å². The maximum absolute atomic E-state index is 4.66. The van der Waals surface area contributed by atoms with Gasteiger partial charge in [0.25, 0.3) is 0 Å². The first-order valence-corrected chi connectivity index (χ1v) is 9.54. The van der Waals surface area contributed by atoms with Crippen molar-refractivity contribution in [1.82, 2.24) is 20.5 Å². The third-order valence-electron chi connectivity index (χ3n) is 3.94. The molecule has 0 spiro atoms. The molecule has 5 nitrogen and oxygen atoms in total. The molecule has 136 valence electrons. The van der Waals surface area contributed by atoms with Crippen LogP contribution in [0.3, 0.4) is 0 Å².